The summed E-state index contributed by atoms with van der Waals surface area (Å²) in [4.78, 5) is 37.8. The fraction of sp³-hybridized carbons (Fsp3) is 0.500. The largest absolute Gasteiger partial charge is 0.478 e. The maximum atomic E-state index is 12.4. The number of carbonyl (C=O) groups is 2. The normalized spacial score (nSPS) is 17.0. The Balaban J connectivity index is 1.73. The van der Waals surface area contributed by atoms with Gasteiger partial charge in [0.25, 0.3) is 0 Å². The van der Waals surface area contributed by atoms with Crippen LogP contribution in [0.1, 0.15) is 48.0 Å². The molecule has 0 radical (unpaired) electrons. The van der Waals surface area contributed by atoms with Crippen molar-refractivity contribution in [2.45, 2.75) is 44.6 Å². The fourth-order valence-corrected chi connectivity index (χ4v) is 4.33. The third-order valence-electron chi connectivity index (χ3n) is 5.59. The van der Waals surface area contributed by atoms with E-state index in [1.54, 1.807) is 27.0 Å². The number of rotatable bonds is 3. The van der Waals surface area contributed by atoms with Crippen molar-refractivity contribution in [2.24, 2.45) is 5.73 Å². The van der Waals surface area contributed by atoms with Gasteiger partial charge in [-0.2, -0.15) is 0 Å². The number of carboxylic acids is 1. The Morgan fingerprint density at radius 1 is 1.37 bits per heavy atom. The number of H-pyrrole nitrogens is 1. The van der Waals surface area contributed by atoms with Gasteiger partial charge in [0.1, 0.15) is 5.60 Å². The summed E-state index contributed by atoms with van der Waals surface area (Å²) < 4.78 is 5.42. The van der Waals surface area contributed by atoms with E-state index in [0.717, 1.165) is 5.56 Å². The van der Waals surface area contributed by atoms with E-state index < -0.39 is 23.1 Å². The van der Waals surface area contributed by atoms with Crippen LogP contribution in [-0.4, -0.2) is 62.3 Å². The summed E-state index contributed by atoms with van der Waals surface area (Å²) in [6.45, 7) is 6.13. The van der Waals surface area contributed by atoms with Crippen molar-refractivity contribution in [2.75, 3.05) is 19.6 Å². The van der Waals surface area contributed by atoms with Crippen molar-refractivity contribution < 1.29 is 19.4 Å². The molecule has 0 spiro atoms. The standard InChI is InChI=1S/C20H24ClN5O4/c1-19(2,3)30-18(29)26-8-20(7-22,9-26)15-12(16(27)28)11-5-4-10-6-23-17(21)25-13(10)14(11)24-15/h6,24H,4-5,7-9,22H2,1-3H3,(H,27,28). The van der Waals surface area contributed by atoms with Gasteiger partial charge >= 0.3 is 12.1 Å². The van der Waals surface area contributed by atoms with E-state index in [1.807, 2.05) is 0 Å². The van der Waals surface area contributed by atoms with Crippen LogP contribution in [-0.2, 0) is 23.0 Å². The lowest BCUT2D eigenvalue weighted by atomic mass is 9.75. The van der Waals surface area contributed by atoms with Crippen molar-refractivity contribution >= 4 is 23.7 Å². The van der Waals surface area contributed by atoms with Crippen molar-refractivity contribution in [1.82, 2.24) is 19.9 Å². The van der Waals surface area contributed by atoms with E-state index >= 15 is 0 Å². The third-order valence-corrected chi connectivity index (χ3v) is 5.78. The molecule has 0 aromatic carbocycles. The molecule has 2 aromatic rings. The van der Waals surface area contributed by atoms with Gasteiger partial charge in [0.15, 0.2) is 0 Å². The summed E-state index contributed by atoms with van der Waals surface area (Å²) >= 11 is 5.98. The molecule has 10 heteroatoms. The smallest absolute Gasteiger partial charge is 0.410 e. The lowest BCUT2D eigenvalue weighted by Crippen LogP contribution is -2.65. The van der Waals surface area contributed by atoms with Gasteiger partial charge in [-0.3, -0.25) is 0 Å². The van der Waals surface area contributed by atoms with E-state index in [0.29, 0.717) is 35.5 Å². The minimum atomic E-state index is -1.03. The average molecular weight is 434 g/mol. The summed E-state index contributed by atoms with van der Waals surface area (Å²) in [5.41, 5.74) is 8.35. The number of fused-ring (bicyclic) bond motifs is 3. The number of halogens is 1. The van der Waals surface area contributed by atoms with Gasteiger partial charge < -0.3 is 25.5 Å². The van der Waals surface area contributed by atoms with Crippen LogP contribution in [0.15, 0.2) is 6.20 Å². The molecule has 3 heterocycles. The van der Waals surface area contributed by atoms with Crippen LogP contribution in [0.3, 0.4) is 0 Å². The first-order chi connectivity index (χ1) is 14.0. The zero-order valence-electron chi connectivity index (χ0n) is 17.1. The zero-order chi connectivity index (χ0) is 21.8. The Labute approximate surface area is 178 Å². The number of amides is 1. The fourth-order valence-electron chi connectivity index (χ4n) is 4.20. The molecule has 1 saturated heterocycles. The van der Waals surface area contributed by atoms with E-state index in [9.17, 15) is 14.7 Å². The predicted octanol–water partition coefficient (Wildman–Crippen LogP) is 2.37. The number of likely N-dealkylation sites (tertiary alicyclic amines) is 1. The maximum absolute atomic E-state index is 12.4. The van der Waals surface area contributed by atoms with Crippen molar-refractivity contribution in [1.29, 1.82) is 0 Å². The number of aromatic carboxylic acids is 1. The molecule has 30 heavy (non-hydrogen) atoms. The van der Waals surface area contributed by atoms with Crippen molar-refractivity contribution in [3.63, 3.8) is 0 Å². The number of nitrogens with zero attached hydrogens (tertiary/aromatic N) is 3. The number of hydrogen-bond donors (Lipinski definition) is 3. The molecule has 1 aliphatic heterocycles. The van der Waals surface area contributed by atoms with Gasteiger partial charge in [-0.25, -0.2) is 19.6 Å². The molecule has 2 aromatic heterocycles. The second kappa shape index (κ2) is 6.95. The zero-order valence-corrected chi connectivity index (χ0v) is 17.8. The minimum absolute atomic E-state index is 0.0999. The molecule has 0 bridgehead atoms. The third kappa shape index (κ3) is 3.31. The molecule has 1 fully saturated rings. The van der Waals surface area contributed by atoms with Crippen molar-refractivity contribution in [3.05, 3.63) is 33.9 Å². The highest BCUT2D eigenvalue weighted by Gasteiger charge is 2.50. The van der Waals surface area contributed by atoms with Gasteiger partial charge in [-0.15, -0.1) is 0 Å². The van der Waals surface area contributed by atoms with Gasteiger partial charge in [-0.05, 0) is 56.3 Å². The molecule has 160 valence electrons. The Kier molecular flexibility index (Phi) is 4.78. The maximum Gasteiger partial charge on any atom is 0.410 e. The molecule has 9 nitrogen and oxygen atoms in total. The first-order valence-corrected chi connectivity index (χ1v) is 10.1. The van der Waals surface area contributed by atoms with E-state index in [2.05, 4.69) is 15.0 Å². The minimum Gasteiger partial charge on any atom is -0.478 e. The number of carbonyl (C=O) groups excluding carboxylic acids is 1. The van der Waals surface area contributed by atoms with Crippen LogP contribution in [0.2, 0.25) is 5.28 Å². The van der Waals surface area contributed by atoms with Crippen LogP contribution in [0.5, 0.6) is 0 Å². The molecule has 1 aliphatic carbocycles. The number of nitrogens with one attached hydrogen (secondary N) is 1. The highest BCUT2D eigenvalue weighted by Crippen LogP contribution is 2.42. The van der Waals surface area contributed by atoms with Gasteiger partial charge in [-0.1, -0.05) is 0 Å². The molecule has 0 atom stereocenters. The summed E-state index contributed by atoms with van der Waals surface area (Å²) in [7, 11) is 0. The Bertz CT molecular complexity index is 1040. The Morgan fingerprint density at radius 3 is 2.67 bits per heavy atom. The average Bonchev–Trinajstić information content (AvgIpc) is 3.00. The van der Waals surface area contributed by atoms with E-state index in [-0.39, 0.29) is 30.5 Å². The second-order valence-electron chi connectivity index (χ2n) is 8.87. The lowest BCUT2D eigenvalue weighted by Gasteiger charge is -2.49. The van der Waals surface area contributed by atoms with E-state index in [1.165, 1.54) is 4.90 Å². The Morgan fingerprint density at radius 2 is 2.07 bits per heavy atom. The highest BCUT2D eigenvalue weighted by atomic mass is 35.5. The summed E-state index contributed by atoms with van der Waals surface area (Å²) in [6.07, 6.45) is 2.39. The molecule has 1 amide bonds. The summed E-state index contributed by atoms with van der Waals surface area (Å²) in [5.74, 6) is -1.03. The Hall–Kier alpha value is -2.65. The number of aryl methyl sites for hydroxylation is 1. The number of aromatic amines is 1. The van der Waals surface area contributed by atoms with Crippen LogP contribution < -0.4 is 5.73 Å². The van der Waals surface area contributed by atoms with Gasteiger partial charge in [0.05, 0.1) is 22.4 Å². The van der Waals surface area contributed by atoms with Gasteiger partial charge in [0, 0.05) is 31.5 Å². The first-order valence-electron chi connectivity index (χ1n) is 9.73. The van der Waals surface area contributed by atoms with Crippen LogP contribution in [0.25, 0.3) is 11.4 Å². The van der Waals surface area contributed by atoms with Gasteiger partial charge in [0.2, 0.25) is 5.28 Å². The summed E-state index contributed by atoms with van der Waals surface area (Å²) in [6, 6.07) is 0. The molecule has 4 N–H and O–H groups in total. The molecule has 2 aliphatic rings. The van der Waals surface area contributed by atoms with E-state index in [4.69, 9.17) is 22.1 Å². The van der Waals surface area contributed by atoms with Crippen molar-refractivity contribution in [3.8, 4) is 11.4 Å². The molecular weight excluding hydrogens is 410 g/mol. The highest BCUT2D eigenvalue weighted by molar-refractivity contribution is 6.28. The number of ether oxygens (including phenoxy) is 1. The first kappa shape index (κ1) is 20.6. The predicted molar refractivity (Wildman–Crippen MR) is 110 cm³/mol. The van der Waals surface area contributed by atoms with Crippen LogP contribution >= 0.6 is 11.6 Å². The SMILES string of the molecule is CC(C)(C)OC(=O)N1CC(CN)(c2[nH]c3c(c2C(=O)O)CCc2cnc(Cl)nc2-3)C1. The molecular formula is C20H24ClN5O4. The number of aromatic nitrogens is 3. The molecule has 4 rings (SSSR count). The second-order valence-corrected chi connectivity index (χ2v) is 9.21. The number of nitrogens with two attached hydrogens (primary N) is 1. The topological polar surface area (TPSA) is 134 Å². The lowest BCUT2D eigenvalue weighted by molar-refractivity contribution is -0.00905. The monoisotopic (exact) mass is 433 g/mol. The quantitative estimate of drug-likeness (QED) is 0.632. The summed E-state index contributed by atoms with van der Waals surface area (Å²) in [5, 5.41) is 10.1. The number of hydrogen-bond acceptors (Lipinski definition) is 6. The van der Waals surface area contributed by atoms with Crippen LogP contribution in [0, 0.1) is 0 Å². The molecule has 0 unspecified atom stereocenters. The molecule has 0 saturated carbocycles. The number of carboxylic acid groups (broad SMARTS) is 1. The van der Waals surface area contributed by atoms with Crippen LogP contribution in [0.4, 0.5) is 4.79 Å².